The molecule has 1 aromatic carbocycles. The van der Waals surface area contributed by atoms with E-state index >= 15 is 0 Å². The first-order valence-corrected chi connectivity index (χ1v) is 9.45. The standard InChI is InChI=1S/C20H31N3O3/c1-5-21-19(23-17-15-10-11-26-18(15)20(17,2)3)22-12-16(24)13-6-8-14(25-4)9-7-13/h6-9,15-18,24H,5,10-12H2,1-4H3,(H2,21,22,23). The molecule has 2 aliphatic rings. The quantitative estimate of drug-likeness (QED) is 0.534. The van der Waals surface area contributed by atoms with Crippen molar-refractivity contribution in [2.75, 3.05) is 26.8 Å². The minimum absolute atomic E-state index is 0.0892. The summed E-state index contributed by atoms with van der Waals surface area (Å²) in [6.07, 6.45) is 0.792. The number of nitrogens with one attached hydrogen (secondary N) is 2. The number of benzene rings is 1. The van der Waals surface area contributed by atoms with E-state index in [1.807, 2.05) is 31.2 Å². The third-order valence-corrected chi connectivity index (χ3v) is 5.66. The van der Waals surface area contributed by atoms with Gasteiger partial charge < -0.3 is 25.2 Å². The fourth-order valence-electron chi connectivity index (χ4n) is 4.19. The van der Waals surface area contributed by atoms with Gasteiger partial charge in [-0.05, 0) is 31.0 Å². The van der Waals surface area contributed by atoms with E-state index in [2.05, 4.69) is 29.5 Å². The number of aliphatic hydroxyl groups excluding tert-OH is 1. The molecule has 0 radical (unpaired) electrons. The molecule has 1 heterocycles. The van der Waals surface area contributed by atoms with Crippen LogP contribution in [0.15, 0.2) is 29.3 Å². The first-order valence-electron chi connectivity index (χ1n) is 9.45. The van der Waals surface area contributed by atoms with Crippen LogP contribution in [0.3, 0.4) is 0 Å². The lowest BCUT2D eigenvalue weighted by Gasteiger charge is -2.54. The molecule has 1 saturated carbocycles. The number of aliphatic imine (C=N–C) groups is 1. The van der Waals surface area contributed by atoms with Gasteiger partial charge in [0.15, 0.2) is 5.96 Å². The minimum atomic E-state index is -0.645. The summed E-state index contributed by atoms with van der Waals surface area (Å²) in [5.74, 6) is 2.07. The average molecular weight is 361 g/mol. The van der Waals surface area contributed by atoms with E-state index in [0.29, 0.717) is 24.6 Å². The van der Waals surface area contributed by atoms with Crippen LogP contribution in [0.5, 0.6) is 5.75 Å². The molecule has 1 saturated heterocycles. The predicted octanol–water partition coefficient (Wildman–Crippen LogP) is 2.10. The number of ether oxygens (including phenoxy) is 2. The Labute approximate surface area is 156 Å². The van der Waals surface area contributed by atoms with Crippen LogP contribution in [0, 0.1) is 11.3 Å². The van der Waals surface area contributed by atoms with Crippen LogP contribution in [-0.2, 0) is 4.74 Å². The van der Waals surface area contributed by atoms with Gasteiger partial charge in [0.1, 0.15) is 5.75 Å². The Balaban J connectivity index is 1.63. The second kappa shape index (κ2) is 7.84. The van der Waals surface area contributed by atoms with Crippen LogP contribution in [0.25, 0.3) is 0 Å². The lowest BCUT2D eigenvalue weighted by Crippen LogP contribution is -2.68. The molecule has 144 valence electrons. The molecule has 0 amide bonds. The summed E-state index contributed by atoms with van der Waals surface area (Å²) in [6, 6.07) is 7.78. The van der Waals surface area contributed by atoms with Crippen molar-refractivity contribution in [1.29, 1.82) is 0 Å². The van der Waals surface area contributed by atoms with E-state index < -0.39 is 6.10 Å². The maximum Gasteiger partial charge on any atom is 0.191 e. The smallest absolute Gasteiger partial charge is 0.191 e. The molecule has 3 N–H and O–H groups in total. The zero-order valence-electron chi connectivity index (χ0n) is 16.2. The Morgan fingerprint density at radius 3 is 2.77 bits per heavy atom. The Kier molecular flexibility index (Phi) is 5.73. The maximum atomic E-state index is 10.4. The van der Waals surface area contributed by atoms with Gasteiger partial charge in [-0.2, -0.15) is 0 Å². The molecule has 0 aromatic heterocycles. The Morgan fingerprint density at radius 1 is 1.38 bits per heavy atom. The summed E-state index contributed by atoms with van der Waals surface area (Å²) in [5, 5.41) is 17.3. The molecule has 2 fully saturated rings. The monoisotopic (exact) mass is 361 g/mol. The van der Waals surface area contributed by atoms with Crippen LogP contribution in [0.1, 0.15) is 38.9 Å². The molecule has 3 rings (SSSR count). The number of guanidine groups is 1. The molecular weight excluding hydrogens is 330 g/mol. The number of nitrogens with zero attached hydrogens (tertiary/aromatic N) is 1. The van der Waals surface area contributed by atoms with Gasteiger partial charge in [-0.25, -0.2) is 0 Å². The molecule has 0 spiro atoms. The third-order valence-electron chi connectivity index (χ3n) is 5.66. The largest absolute Gasteiger partial charge is 0.497 e. The van der Waals surface area contributed by atoms with Crippen molar-refractivity contribution in [3.8, 4) is 5.75 Å². The van der Waals surface area contributed by atoms with E-state index in [1.54, 1.807) is 7.11 Å². The maximum absolute atomic E-state index is 10.4. The Bertz CT molecular complexity index is 630. The van der Waals surface area contributed by atoms with Crippen LogP contribution in [-0.4, -0.2) is 50.0 Å². The minimum Gasteiger partial charge on any atom is -0.497 e. The van der Waals surface area contributed by atoms with E-state index in [4.69, 9.17) is 9.47 Å². The van der Waals surface area contributed by atoms with Gasteiger partial charge in [0.05, 0.1) is 25.9 Å². The molecule has 6 heteroatoms. The zero-order valence-corrected chi connectivity index (χ0v) is 16.2. The van der Waals surface area contributed by atoms with Gasteiger partial charge in [-0.1, -0.05) is 26.0 Å². The second-order valence-corrected chi connectivity index (χ2v) is 7.70. The molecule has 1 aliphatic carbocycles. The Hall–Kier alpha value is -1.79. The van der Waals surface area contributed by atoms with E-state index in [-0.39, 0.29) is 5.41 Å². The fourth-order valence-corrected chi connectivity index (χ4v) is 4.19. The molecule has 1 aliphatic heterocycles. The van der Waals surface area contributed by atoms with Crippen LogP contribution in [0.2, 0.25) is 0 Å². The van der Waals surface area contributed by atoms with E-state index in [0.717, 1.165) is 36.8 Å². The Morgan fingerprint density at radius 2 is 2.12 bits per heavy atom. The number of methoxy groups -OCH3 is 1. The molecule has 6 nitrogen and oxygen atoms in total. The lowest BCUT2D eigenvalue weighted by atomic mass is 9.57. The van der Waals surface area contributed by atoms with E-state index in [9.17, 15) is 5.11 Å². The SMILES string of the molecule is CCNC(=NCC(O)c1ccc(OC)cc1)NC1C2CCOC2C1(C)C. The van der Waals surface area contributed by atoms with Gasteiger partial charge in [-0.15, -0.1) is 0 Å². The highest BCUT2D eigenvalue weighted by Gasteiger charge is 2.59. The highest BCUT2D eigenvalue weighted by Crippen LogP contribution is 2.52. The molecular formula is C20H31N3O3. The predicted molar refractivity (Wildman–Crippen MR) is 102 cm³/mol. The van der Waals surface area contributed by atoms with Crippen molar-refractivity contribution in [3.63, 3.8) is 0 Å². The highest BCUT2D eigenvalue weighted by molar-refractivity contribution is 5.80. The van der Waals surface area contributed by atoms with Crippen molar-refractivity contribution in [1.82, 2.24) is 10.6 Å². The third kappa shape index (κ3) is 3.67. The number of aliphatic hydroxyl groups is 1. The van der Waals surface area contributed by atoms with Gasteiger partial charge in [-0.3, -0.25) is 4.99 Å². The molecule has 1 aromatic rings. The second-order valence-electron chi connectivity index (χ2n) is 7.70. The van der Waals surface area contributed by atoms with Crippen LogP contribution < -0.4 is 15.4 Å². The number of fused-ring (bicyclic) bond motifs is 1. The summed E-state index contributed by atoms with van der Waals surface area (Å²) in [7, 11) is 1.63. The summed E-state index contributed by atoms with van der Waals surface area (Å²) < 4.78 is 11.0. The van der Waals surface area contributed by atoms with Crippen LogP contribution in [0.4, 0.5) is 0 Å². The van der Waals surface area contributed by atoms with Crippen molar-refractivity contribution >= 4 is 5.96 Å². The van der Waals surface area contributed by atoms with Crippen molar-refractivity contribution in [2.45, 2.75) is 45.4 Å². The topological polar surface area (TPSA) is 75.1 Å². The van der Waals surface area contributed by atoms with Crippen LogP contribution >= 0.6 is 0 Å². The van der Waals surface area contributed by atoms with Gasteiger partial charge in [0.2, 0.25) is 0 Å². The molecule has 26 heavy (non-hydrogen) atoms. The zero-order chi connectivity index (χ0) is 18.7. The van der Waals surface area contributed by atoms with Crippen molar-refractivity contribution in [2.24, 2.45) is 16.3 Å². The highest BCUT2D eigenvalue weighted by atomic mass is 16.5. The summed E-state index contributed by atoms with van der Waals surface area (Å²) >= 11 is 0. The van der Waals surface area contributed by atoms with Gasteiger partial charge in [0.25, 0.3) is 0 Å². The van der Waals surface area contributed by atoms with Gasteiger partial charge in [0, 0.05) is 30.5 Å². The number of hydrogen-bond donors (Lipinski definition) is 3. The normalized spacial score (nSPS) is 28.0. The summed E-state index contributed by atoms with van der Waals surface area (Å²) in [5.41, 5.74) is 0.921. The number of rotatable bonds is 6. The van der Waals surface area contributed by atoms with Crippen molar-refractivity contribution < 1.29 is 14.6 Å². The van der Waals surface area contributed by atoms with Crippen molar-refractivity contribution in [3.05, 3.63) is 29.8 Å². The fraction of sp³-hybridized carbons (Fsp3) is 0.650. The first-order chi connectivity index (χ1) is 12.5. The molecule has 4 unspecified atom stereocenters. The average Bonchev–Trinajstić information content (AvgIpc) is 3.11. The molecule has 0 bridgehead atoms. The van der Waals surface area contributed by atoms with E-state index in [1.165, 1.54) is 0 Å². The first kappa shape index (κ1) is 19.0. The summed E-state index contributed by atoms with van der Waals surface area (Å²) in [4.78, 5) is 4.61. The molecule has 4 atom stereocenters. The van der Waals surface area contributed by atoms with Gasteiger partial charge >= 0.3 is 0 Å². The summed E-state index contributed by atoms with van der Waals surface area (Å²) in [6.45, 7) is 8.47. The lowest BCUT2D eigenvalue weighted by molar-refractivity contribution is -0.106. The number of hydrogen-bond acceptors (Lipinski definition) is 4.